The molecule has 0 heterocycles. The minimum absolute atomic E-state index is 0.101. The molecular formula is C41H58O13. The molecule has 4 unspecified atom stereocenters. The van der Waals surface area contributed by atoms with E-state index in [-0.39, 0.29) is 11.1 Å². The van der Waals surface area contributed by atoms with Crippen molar-refractivity contribution in [2.45, 2.75) is 145 Å². The van der Waals surface area contributed by atoms with Crippen LogP contribution >= 0.6 is 0 Å². The minimum atomic E-state index is -1.17. The maximum atomic E-state index is 12.5. The molecular weight excluding hydrogens is 700 g/mol. The second-order valence-electron chi connectivity index (χ2n) is 14.4. The molecule has 0 radical (unpaired) electrons. The molecule has 13 heteroatoms. The lowest BCUT2D eigenvalue weighted by Crippen LogP contribution is -2.30. The highest BCUT2D eigenvalue weighted by Gasteiger charge is 2.26. The molecule has 0 bridgehead atoms. The first-order valence-electron chi connectivity index (χ1n) is 17.9. The van der Waals surface area contributed by atoms with Gasteiger partial charge in [-0.05, 0) is 103 Å². The maximum absolute atomic E-state index is 12.5. The summed E-state index contributed by atoms with van der Waals surface area (Å²) in [6.45, 7) is 24.5. The molecule has 0 aliphatic carbocycles. The van der Waals surface area contributed by atoms with E-state index in [4.69, 9.17) is 48.0 Å². The highest BCUT2D eigenvalue weighted by Crippen LogP contribution is 2.28. The summed E-state index contributed by atoms with van der Waals surface area (Å²) in [7, 11) is 0. The van der Waals surface area contributed by atoms with Gasteiger partial charge in [0.15, 0.2) is 0 Å². The maximum Gasteiger partial charge on any atom is 0.512 e. The van der Waals surface area contributed by atoms with Gasteiger partial charge in [-0.3, -0.25) is 0 Å². The molecule has 54 heavy (non-hydrogen) atoms. The Balaban J connectivity index is 1.72. The zero-order chi connectivity index (χ0) is 40.8. The molecule has 0 aromatic heterocycles. The molecule has 0 saturated heterocycles. The molecule has 4 atom stereocenters. The average Bonchev–Trinajstić information content (AvgIpc) is 3.07. The van der Waals surface area contributed by atoms with Gasteiger partial charge in [0, 0.05) is 0 Å². The minimum Gasteiger partial charge on any atom is -0.432 e. The highest BCUT2D eigenvalue weighted by molar-refractivity contribution is 5.87. The standard InChI is InChI=1S/C41H58O13/c1-25(2)33-15-19-35(20-16-33)40(11,12)53-45-23-27(5)37(42)49-29(7)47-31(9)51-39(44)52-32(10)48-30(8)50-38(43)28(6)24-46-54-41(13,14)36-21-17-34(18-22-36)26(3)4/h15-26,29-32H,1-14H3/b27-23+,28-24+. The molecule has 2 aromatic rings. The molecule has 0 N–H and O–H groups in total. The van der Waals surface area contributed by atoms with Crippen LogP contribution < -0.4 is 0 Å². The Kier molecular flexibility index (Phi) is 17.7. The van der Waals surface area contributed by atoms with Crippen molar-refractivity contribution in [2.75, 3.05) is 0 Å². The van der Waals surface area contributed by atoms with Gasteiger partial charge in [-0.2, -0.15) is 9.78 Å². The Morgan fingerprint density at radius 3 is 1.09 bits per heavy atom. The predicted molar refractivity (Wildman–Crippen MR) is 199 cm³/mol. The topological polar surface area (TPSA) is 144 Å². The van der Waals surface area contributed by atoms with Crippen molar-refractivity contribution in [3.63, 3.8) is 0 Å². The van der Waals surface area contributed by atoms with E-state index in [0.717, 1.165) is 23.7 Å². The number of benzene rings is 2. The van der Waals surface area contributed by atoms with Crippen LogP contribution in [0.4, 0.5) is 4.79 Å². The van der Waals surface area contributed by atoms with Crippen LogP contribution in [0.3, 0.4) is 0 Å². The summed E-state index contributed by atoms with van der Waals surface area (Å²) in [5.41, 5.74) is 2.82. The van der Waals surface area contributed by atoms with Gasteiger partial charge < -0.3 is 38.2 Å². The first kappa shape index (κ1) is 45.7. The quantitative estimate of drug-likeness (QED) is 0.0241. The number of ether oxygens (including phenoxy) is 6. The van der Waals surface area contributed by atoms with Gasteiger partial charge in [0.1, 0.15) is 23.7 Å². The Morgan fingerprint density at radius 2 is 0.796 bits per heavy atom. The number of rotatable bonds is 20. The van der Waals surface area contributed by atoms with Crippen molar-refractivity contribution in [2.24, 2.45) is 0 Å². The van der Waals surface area contributed by atoms with E-state index in [1.54, 1.807) is 0 Å². The van der Waals surface area contributed by atoms with E-state index in [0.29, 0.717) is 11.8 Å². The fourth-order valence-corrected chi connectivity index (χ4v) is 4.60. The summed E-state index contributed by atoms with van der Waals surface area (Å²) < 4.78 is 31.4. The van der Waals surface area contributed by atoms with Crippen molar-refractivity contribution in [1.82, 2.24) is 0 Å². The van der Waals surface area contributed by atoms with Gasteiger partial charge in [0.25, 0.3) is 0 Å². The molecule has 0 saturated carbocycles. The first-order valence-corrected chi connectivity index (χ1v) is 17.9. The van der Waals surface area contributed by atoms with Crippen LogP contribution in [0.1, 0.15) is 131 Å². The zero-order valence-electron chi connectivity index (χ0n) is 34.0. The second kappa shape index (κ2) is 20.9. The van der Waals surface area contributed by atoms with Crippen LogP contribution in [0.2, 0.25) is 0 Å². The number of carbonyl (C=O) groups is 3. The van der Waals surface area contributed by atoms with Crippen molar-refractivity contribution in [3.05, 3.63) is 94.5 Å². The summed E-state index contributed by atoms with van der Waals surface area (Å²) in [6.07, 6.45) is -3.44. The summed E-state index contributed by atoms with van der Waals surface area (Å²) in [4.78, 5) is 58.9. The molecule has 0 aliphatic rings. The Hall–Kier alpha value is -4.43. The van der Waals surface area contributed by atoms with Gasteiger partial charge >= 0.3 is 18.1 Å². The lowest BCUT2D eigenvalue weighted by Gasteiger charge is -2.24. The van der Waals surface area contributed by atoms with Crippen LogP contribution in [0.5, 0.6) is 0 Å². The monoisotopic (exact) mass is 758 g/mol. The molecule has 2 aromatic carbocycles. The number of hydrogen-bond donors (Lipinski definition) is 0. The molecule has 0 amide bonds. The highest BCUT2D eigenvalue weighted by atomic mass is 17.2. The summed E-state index contributed by atoms with van der Waals surface area (Å²) >= 11 is 0. The first-order chi connectivity index (χ1) is 25.1. The Morgan fingerprint density at radius 1 is 0.500 bits per heavy atom. The third-order valence-electron chi connectivity index (χ3n) is 7.99. The average molecular weight is 759 g/mol. The van der Waals surface area contributed by atoms with E-state index >= 15 is 0 Å². The Bertz CT molecular complexity index is 1440. The number of hydrogen-bond acceptors (Lipinski definition) is 13. The summed E-state index contributed by atoms with van der Waals surface area (Å²) in [6, 6.07) is 16.0. The molecule has 13 nitrogen and oxygen atoms in total. The zero-order valence-corrected chi connectivity index (χ0v) is 34.0. The Labute approximate surface area is 319 Å². The van der Waals surface area contributed by atoms with Gasteiger partial charge in [-0.15, -0.1) is 0 Å². The van der Waals surface area contributed by atoms with E-state index in [2.05, 4.69) is 27.7 Å². The van der Waals surface area contributed by atoms with Crippen molar-refractivity contribution < 1.29 is 62.4 Å². The number of carbonyl (C=O) groups excluding carboxylic acids is 3. The van der Waals surface area contributed by atoms with Gasteiger partial charge in [-0.25, -0.2) is 14.4 Å². The van der Waals surface area contributed by atoms with E-state index in [1.165, 1.54) is 52.7 Å². The molecule has 0 aliphatic heterocycles. The van der Waals surface area contributed by atoms with Crippen molar-refractivity contribution in [1.29, 1.82) is 0 Å². The molecule has 300 valence electrons. The van der Waals surface area contributed by atoms with Crippen LogP contribution in [0.15, 0.2) is 72.2 Å². The van der Waals surface area contributed by atoms with E-state index in [1.807, 2.05) is 76.2 Å². The predicted octanol–water partition coefficient (Wildman–Crippen LogP) is 9.46. The number of esters is 2. The van der Waals surface area contributed by atoms with Crippen molar-refractivity contribution >= 4 is 18.1 Å². The third kappa shape index (κ3) is 15.5. The normalized spacial score (nSPS) is 14.9. The summed E-state index contributed by atoms with van der Waals surface area (Å²) in [5, 5.41) is 0. The third-order valence-corrected chi connectivity index (χ3v) is 7.99. The lowest BCUT2D eigenvalue weighted by atomic mass is 9.94. The largest absolute Gasteiger partial charge is 0.512 e. The van der Waals surface area contributed by atoms with Gasteiger partial charge in [-0.1, -0.05) is 76.2 Å². The second-order valence-corrected chi connectivity index (χ2v) is 14.4. The van der Waals surface area contributed by atoms with Gasteiger partial charge in [0.2, 0.25) is 25.2 Å². The van der Waals surface area contributed by atoms with E-state index in [9.17, 15) is 14.4 Å². The van der Waals surface area contributed by atoms with Crippen LogP contribution in [0.25, 0.3) is 0 Å². The molecule has 2 rings (SSSR count). The molecule has 0 spiro atoms. The summed E-state index contributed by atoms with van der Waals surface area (Å²) in [5.74, 6) is -0.679. The molecule has 0 fully saturated rings. The lowest BCUT2D eigenvalue weighted by molar-refractivity contribution is -0.322. The fraction of sp³-hybridized carbons (Fsp3) is 0.537. The van der Waals surface area contributed by atoms with Crippen LogP contribution in [-0.2, 0) is 68.8 Å². The van der Waals surface area contributed by atoms with Crippen LogP contribution in [-0.4, -0.2) is 43.3 Å². The van der Waals surface area contributed by atoms with Crippen LogP contribution in [0, 0.1) is 0 Å². The van der Waals surface area contributed by atoms with Gasteiger partial charge in [0.05, 0.1) is 11.1 Å². The smallest absolute Gasteiger partial charge is 0.432 e. The SMILES string of the molecule is C/C(=C\OOC(C)(C)c1ccc(C(C)C)cc1)C(=O)OC(C)OC(C)OC(=O)OC(C)OC(C)OC(=O)/C(C)=C/OOC(C)(C)c1ccc(C(C)C)cc1. The van der Waals surface area contributed by atoms with Crippen molar-refractivity contribution in [3.8, 4) is 0 Å². The van der Waals surface area contributed by atoms with E-state index < -0.39 is 54.5 Å². The fourth-order valence-electron chi connectivity index (χ4n) is 4.60.